The van der Waals surface area contributed by atoms with Crippen molar-refractivity contribution >= 4 is 16.0 Å². The van der Waals surface area contributed by atoms with Crippen molar-refractivity contribution in [3.63, 3.8) is 0 Å². The highest BCUT2D eigenvalue weighted by Gasteiger charge is 2.24. The topological polar surface area (TPSA) is 117 Å². The number of hydrogen-bond donors (Lipinski definition) is 3. The smallest absolute Gasteiger partial charge is 0.371 e. The van der Waals surface area contributed by atoms with Crippen LogP contribution >= 0.6 is 0 Å². The van der Waals surface area contributed by atoms with Gasteiger partial charge in [0.1, 0.15) is 0 Å². The van der Waals surface area contributed by atoms with Crippen LogP contribution in [0.5, 0.6) is 0 Å². The lowest BCUT2D eigenvalue weighted by Gasteiger charge is -2.21. The molecule has 0 saturated carbocycles. The summed E-state index contributed by atoms with van der Waals surface area (Å²) in [6.45, 7) is 3.18. The number of carbonyl (C=O) groups is 1. The number of aromatic carboxylic acids is 1. The number of nitrogens with one attached hydrogen (secondary N) is 1. The maximum Gasteiger partial charge on any atom is 0.371 e. The Morgan fingerprint density at radius 3 is 2.50 bits per heavy atom. The molecule has 3 N–H and O–H groups in total. The van der Waals surface area contributed by atoms with Gasteiger partial charge in [0.25, 0.3) is 10.0 Å². The summed E-state index contributed by atoms with van der Waals surface area (Å²) in [5.74, 6) is -1.79. The number of furan rings is 1. The molecule has 0 radical (unpaired) electrons. The fourth-order valence-electron chi connectivity index (χ4n) is 0.997. The third-order valence-electron chi connectivity index (χ3n) is 2.23. The Balaban J connectivity index is 2.83. The van der Waals surface area contributed by atoms with E-state index in [1.807, 2.05) is 0 Å². The highest BCUT2D eigenvalue weighted by Crippen LogP contribution is 2.16. The Bertz CT molecular complexity index is 530. The van der Waals surface area contributed by atoms with E-state index in [-0.39, 0.29) is 13.2 Å². The lowest BCUT2D eigenvalue weighted by atomic mass is 9.96. The molecule has 102 valence electrons. The largest absolute Gasteiger partial charge is 0.475 e. The Labute approximate surface area is 104 Å². The van der Waals surface area contributed by atoms with E-state index in [1.54, 1.807) is 13.8 Å². The van der Waals surface area contributed by atoms with Gasteiger partial charge >= 0.3 is 5.97 Å². The number of sulfonamides is 1. The second kappa shape index (κ2) is 5.09. The van der Waals surface area contributed by atoms with Crippen LogP contribution in [0.4, 0.5) is 0 Å². The van der Waals surface area contributed by atoms with Crippen LogP contribution in [0.1, 0.15) is 24.4 Å². The molecule has 1 aromatic rings. The molecule has 8 heteroatoms. The number of carboxylic acids is 1. The van der Waals surface area contributed by atoms with E-state index in [4.69, 9.17) is 14.6 Å². The van der Waals surface area contributed by atoms with E-state index in [2.05, 4.69) is 4.72 Å². The molecule has 0 aromatic carbocycles. The monoisotopic (exact) mass is 277 g/mol. The zero-order chi connectivity index (χ0) is 14.0. The molecule has 0 aliphatic carbocycles. The van der Waals surface area contributed by atoms with Gasteiger partial charge in [0.2, 0.25) is 10.9 Å². The van der Waals surface area contributed by atoms with Gasteiger partial charge in [-0.2, -0.15) is 0 Å². The minimum absolute atomic E-state index is 0.00887. The summed E-state index contributed by atoms with van der Waals surface area (Å²) in [5.41, 5.74) is -0.616. The van der Waals surface area contributed by atoms with Crippen molar-refractivity contribution in [1.29, 1.82) is 0 Å². The van der Waals surface area contributed by atoms with Gasteiger partial charge in [-0.15, -0.1) is 0 Å². The summed E-state index contributed by atoms with van der Waals surface area (Å²) in [7, 11) is -3.91. The first kappa shape index (κ1) is 14.7. The standard InChI is InChI=1S/C10H15NO6S/c1-10(2,6-12)5-11-18(15,16)8-4-3-7(17-8)9(13)14/h3-4,11-12H,5-6H2,1-2H3,(H,13,14). The zero-order valence-corrected chi connectivity index (χ0v) is 10.8. The third-order valence-corrected chi connectivity index (χ3v) is 3.50. The van der Waals surface area contributed by atoms with Gasteiger partial charge in [-0.25, -0.2) is 17.9 Å². The molecule has 1 rings (SSSR count). The van der Waals surface area contributed by atoms with E-state index in [9.17, 15) is 13.2 Å². The average Bonchev–Trinajstić information content (AvgIpc) is 2.77. The molecule has 0 amide bonds. The first-order chi connectivity index (χ1) is 8.18. The predicted molar refractivity (Wildman–Crippen MR) is 61.7 cm³/mol. The summed E-state index contributed by atoms with van der Waals surface area (Å²) in [5, 5.41) is 17.2. The van der Waals surface area contributed by atoms with Gasteiger partial charge in [0.15, 0.2) is 0 Å². The lowest BCUT2D eigenvalue weighted by Crippen LogP contribution is -2.35. The Kier molecular flexibility index (Phi) is 4.15. The molecule has 1 aromatic heterocycles. The van der Waals surface area contributed by atoms with E-state index in [1.165, 1.54) is 0 Å². The molecule has 0 saturated heterocycles. The van der Waals surface area contributed by atoms with Gasteiger partial charge in [-0.05, 0) is 12.1 Å². The molecule has 7 nitrogen and oxygen atoms in total. The number of aliphatic hydroxyl groups is 1. The zero-order valence-electron chi connectivity index (χ0n) is 10.0. The van der Waals surface area contributed by atoms with Crippen LogP contribution in [0.25, 0.3) is 0 Å². The fraction of sp³-hybridized carbons (Fsp3) is 0.500. The summed E-state index contributed by atoms with van der Waals surface area (Å²) in [6, 6.07) is 2.13. The molecule has 0 atom stereocenters. The second-order valence-corrected chi connectivity index (χ2v) is 6.27. The first-order valence-corrected chi connectivity index (χ1v) is 6.60. The molecular formula is C10H15NO6S. The lowest BCUT2D eigenvalue weighted by molar-refractivity contribution is 0.0656. The van der Waals surface area contributed by atoms with Gasteiger partial charge < -0.3 is 14.6 Å². The highest BCUT2D eigenvalue weighted by molar-refractivity contribution is 7.89. The number of carboxylic acid groups (broad SMARTS) is 1. The van der Waals surface area contributed by atoms with Crippen molar-refractivity contribution in [2.45, 2.75) is 18.9 Å². The second-order valence-electron chi connectivity index (χ2n) is 4.57. The number of aliphatic hydroxyl groups excluding tert-OH is 1. The Morgan fingerprint density at radius 2 is 2.06 bits per heavy atom. The quantitative estimate of drug-likeness (QED) is 0.687. The minimum atomic E-state index is -3.91. The molecule has 0 spiro atoms. The maximum absolute atomic E-state index is 11.8. The third kappa shape index (κ3) is 3.56. The van der Waals surface area contributed by atoms with E-state index in [0.29, 0.717) is 0 Å². The molecule has 0 bridgehead atoms. The van der Waals surface area contributed by atoms with E-state index >= 15 is 0 Å². The first-order valence-electron chi connectivity index (χ1n) is 5.12. The Hall–Kier alpha value is -1.38. The SMILES string of the molecule is CC(C)(CO)CNS(=O)(=O)c1ccc(C(=O)O)o1. The molecule has 1 heterocycles. The van der Waals surface area contributed by atoms with E-state index < -0.39 is 32.3 Å². The normalized spacial score (nSPS) is 12.6. The maximum atomic E-state index is 11.8. The predicted octanol–water partition coefficient (Wildman–Crippen LogP) is 0.275. The van der Waals surface area contributed by atoms with Crippen molar-refractivity contribution in [3.05, 3.63) is 17.9 Å². The van der Waals surface area contributed by atoms with Crippen molar-refractivity contribution in [3.8, 4) is 0 Å². The van der Waals surface area contributed by atoms with Crippen LogP contribution in [0.15, 0.2) is 21.6 Å². The summed E-state index contributed by atoms with van der Waals surface area (Å²) >= 11 is 0. The molecule has 0 aliphatic heterocycles. The molecule has 0 unspecified atom stereocenters. The summed E-state index contributed by atoms with van der Waals surface area (Å²) in [4.78, 5) is 10.6. The number of hydrogen-bond acceptors (Lipinski definition) is 5. The van der Waals surface area contributed by atoms with Crippen molar-refractivity contribution in [2.75, 3.05) is 13.2 Å². The van der Waals surface area contributed by atoms with Crippen LogP contribution in [-0.4, -0.2) is 37.8 Å². The molecule has 18 heavy (non-hydrogen) atoms. The van der Waals surface area contributed by atoms with E-state index in [0.717, 1.165) is 12.1 Å². The summed E-state index contributed by atoms with van der Waals surface area (Å²) < 4.78 is 30.4. The highest BCUT2D eigenvalue weighted by atomic mass is 32.2. The fourth-order valence-corrected chi connectivity index (χ4v) is 2.17. The van der Waals surface area contributed by atoms with Crippen LogP contribution in [0.2, 0.25) is 0 Å². The van der Waals surface area contributed by atoms with Crippen LogP contribution in [0, 0.1) is 5.41 Å². The number of rotatable bonds is 6. The molecule has 0 aliphatic rings. The van der Waals surface area contributed by atoms with Crippen LogP contribution < -0.4 is 4.72 Å². The van der Waals surface area contributed by atoms with Crippen molar-refractivity contribution in [2.24, 2.45) is 5.41 Å². The van der Waals surface area contributed by atoms with Gasteiger partial charge in [-0.3, -0.25) is 0 Å². The van der Waals surface area contributed by atoms with Crippen LogP contribution in [-0.2, 0) is 10.0 Å². The summed E-state index contributed by atoms with van der Waals surface area (Å²) in [6.07, 6.45) is 0. The molecule has 0 fully saturated rings. The minimum Gasteiger partial charge on any atom is -0.475 e. The average molecular weight is 277 g/mol. The van der Waals surface area contributed by atoms with Crippen molar-refractivity contribution < 1.29 is 27.8 Å². The van der Waals surface area contributed by atoms with Gasteiger partial charge in [0, 0.05) is 18.6 Å². The van der Waals surface area contributed by atoms with Gasteiger partial charge in [0.05, 0.1) is 0 Å². The van der Waals surface area contributed by atoms with Gasteiger partial charge in [-0.1, -0.05) is 13.8 Å². The van der Waals surface area contributed by atoms with Crippen LogP contribution in [0.3, 0.4) is 0 Å². The Morgan fingerprint density at radius 1 is 1.44 bits per heavy atom. The molecular weight excluding hydrogens is 262 g/mol. The van der Waals surface area contributed by atoms with Crippen molar-refractivity contribution in [1.82, 2.24) is 4.72 Å².